The van der Waals surface area contributed by atoms with Crippen LogP contribution in [0.3, 0.4) is 0 Å². The summed E-state index contributed by atoms with van der Waals surface area (Å²) in [6, 6.07) is 24.7. The van der Waals surface area contributed by atoms with Gasteiger partial charge in [-0.25, -0.2) is 0 Å². The SMILES string of the molecule is O=C1/C(=C\c2ccccc2OCc2ccccc2)SC(=S)N1c1cccc(Cl)c1. The predicted octanol–water partition coefficient (Wildman–Crippen LogP) is 6.32. The minimum absolute atomic E-state index is 0.167. The highest BCUT2D eigenvalue weighted by Gasteiger charge is 2.33. The molecule has 1 heterocycles. The molecule has 1 aliphatic rings. The van der Waals surface area contributed by atoms with Crippen LogP contribution >= 0.6 is 35.6 Å². The van der Waals surface area contributed by atoms with Gasteiger partial charge in [0.15, 0.2) is 4.32 Å². The first-order valence-electron chi connectivity index (χ1n) is 8.91. The minimum atomic E-state index is -0.167. The molecular formula is C23H16ClNO2S2. The Hall–Kier alpha value is -2.60. The molecule has 0 radical (unpaired) electrons. The number of hydrogen-bond donors (Lipinski definition) is 0. The first-order valence-corrected chi connectivity index (χ1v) is 10.5. The summed E-state index contributed by atoms with van der Waals surface area (Å²) in [5, 5.41) is 0.556. The number of hydrogen-bond acceptors (Lipinski definition) is 4. The lowest BCUT2D eigenvalue weighted by atomic mass is 10.1. The summed E-state index contributed by atoms with van der Waals surface area (Å²) in [5.74, 6) is 0.546. The molecule has 6 heteroatoms. The number of rotatable bonds is 5. The number of carbonyl (C=O) groups is 1. The van der Waals surface area contributed by atoms with Crippen molar-refractivity contribution in [2.75, 3.05) is 4.90 Å². The normalized spacial score (nSPS) is 15.2. The summed E-state index contributed by atoms with van der Waals surface area (Å²) in [5.41, 5.74) is 2.57. The van der Waals surface area contributed by atoms with E-state index in [2.05, 4.69) is 0 Å². The van der Waals surface area contributed by atoms with Crippen molar-refractivity contribution in [3.63, 3.8) is 0 Å². The zero-order valence-electron chi connectivity index (χ0n) is 15.2. The van der Waals surface area contributed by atoms with Crippen LogP contribution in [0.5, 0.6) is 5.75 Å². The van der Waals surface area contributed by atoms with Gasteiger partial charge in [0.2, 0.25) is 0 Å². The molecule has 144 valence electrons. The third kappa shape index (κ3) is 4.53. The number of carbonyl (C=O) groups excluding carboxylic acids is 1. The summed E-state index contributed by atoms with van der Waals surface area (Å²) in [6.07, 6.45) is 1.82. The standard InChI is InChI=1S/C23H16ClNO2S2/c24-18-10-6-11-19(14-18)25-22(26)21(29-23(25)28)13-17-9-4-5-12-20(17)27-15-16-7-2-1-3-8-16/h1-14H,15H2/b21-13+. The monoisotopic (exact) mass is 437 g/mol. The van der Waals surface area contributed by atoms with Gasteiger partial charge in [-0.05, 0) is 35.9 Å². The van der Waals surface area contributed by atoms with Crippen LogP contribution in [0.4, 0.5) is 5.69 Å². The zero-order chi connectivity index (χ0) is 20.2. The van der Waals surface area contributed by atoms with Gasteiger partial charge in [0.25, 0.3) is 5.91 Å². The van der Waals surface area contributed by atoms with Crippen molar-refractivity contribution in [3.05, 3.63) is 99.9 Å². The van der Waals surface area contributed by atoms with E-state index < -0.39 is 0 Å². The van der Waals surface area contributed by atoms with Crippen molar-refractivity contribution in [2.45, 2.75) is 6.61 Å². The van der Waals surface area contributed by atoms with Gasteiger partial charge in [-0.15, -0.1) is 0 Å². The average molecular weight is 438 g/mol. The maximum atomic E-state index is 13.0. The topological polar surface area (TPSA) is 29.5 Å². The summed E-state index contributed by atoms with van der Waals surface area (Å²) in [7, 11) is 0. The molecule has 1 aliphatic heterocycles. The lowest BCUT2D eigenvalue weighted by molar-refractivity contribution is -0.113. The quantitative estimate of drug-likeness (QED) is 0.345. The highest BCUT2D eigenvalue weighted by atomic mass is 35.5. The van der Waals surface area contributed by atoms with Crippen LogP contribution in [0.2, 0.25) is 5.02 Å². The molecule has 1 saturated heterocycles. The molecule has 1 amide bonds. The predicted molar refractivity (Wildman–Crippen MR) is 124 cm³/mol. The molecule has 0 bridgehead atoms. The van der Waals surface area contributed by atoms with E-state index in [4.69, 9.17) is 28.6 Å². The molecule has 0 saturated carbocycles. The second-order valence-electron chi connectivity index (χ2n) is 6.31. The van der Waals surface area contributed by atoms with Crippen LogP contribution in [0.15, 0.2) is 83.8 Å². The Bertz CT molecular complexity index is 1100. The lowest BCUT2D eigenvalue weighted by Gasteiger charge is -2.14. The maximum absolute atomic E-state index is 13.0. The lowest BCUT2D eigenvalue weighted by Crippen LogP contribution is -2.27. The van der Waals surface area contributed by atoms with Gasteiger partial charge < -0.3 is 4.74 Å². The Morgan fingerprint density at radius 3 is 2.55 bits per heavy atom. The van der Waals surface area contributed by atoms with Crippen molar-refractivity contribution >= 4 is 57.6 Å². The molecule has 3 nitrogen and oxygen atoms in total. The summed E-state index contributed by atoms with van der Waals surface area (Å²) in [6.45, 7) is 0.454. The number of nitrogens with zero attached hydrogens (tertiary/aromatic N) is 1. The molecule has 0 N–H and O–H groups in total. The van der Waals surface area contributed by atoms with Crippen LogP contribution in [0, 0.1) is 0 Å². The van der Waals surface area contributed by atoms with E-state index in [9.17, 15) is 4.79 Å². The average Bonchev–Trinajstić information content (AvgIpc) is 3.01. The fourth-order valence-corrected chi connectivity index (χ4v) is 4.39. The van der Waals surface area contributed by atoms with Crippen molar-refractivity contribution in [1.82, 2.24) is 0 Å². The van der Waals surface area contributed by atoms with Crippen molar-refractivity contribution in [2.24, 2.45) is 0 Å². The van der Waals surface area contributed by atoms with Crippen molar-refractivity contribution in [3.8, 4) is 5.75 Å². The van der Waals surface area contributed by atoms with Gasteiger partial charge >= 0.3 is 0 Å². The van der Waals surface area contributed by atoms with Gasteiger partial charge in [-0.3, -0.25) is 9.69 Å². The van der Waals surface area contributed by atoms with Gasteiger partial charge in [0.1, 0.15) is 12.4 Å². The highest BCUT2D eigenvalue weighted by molar-refractivity contribution is 8.27. The van der Waals surface area contributed by atoms with Gasteiger partial charge in [-0.1, -0.05) is 90.2 Å². The highest BCUT2D eigenvalue weighted by Crippen LogP contribution is 2.37. The first kappa shape index (κ1) is 19.7. The third-order valence-corrected chi connectivity index (χ3v) is 5.84. The molecule has 3 aromatic rings. The van der Waals surface area contributed by atoms with Crippen molar-refractivity contribution < 1.29 is 9.53 Å². The molecule has 0 unspecified atom stereocenters. The number of anilines is 1. The summed E-state index contributed by atoms with van der Waals surface area (Å²) in [4.78, 5) is 15.0. The second kappa shape index (κ2) is 8.82. The second-order valence-corrected chi connectivity index (χ2v) is 8.42. The van der Waals surface area contributed by atoms with E-state index in [1.54, 1.807) is 18.2 Å². The molecule has 29 heavy (non-hydrogen) atoms. The molecule has 4 rings (SSSR count). The minimum Gasteiger partial charge on any atom is -0.488 e. The maximum Gasteiger partial charge on any atom is 0.270 e. The van der Waals surface area contributed by atoms with Gasteiger partial charge in [0.05, 0.1) is 10.6 Å². The van der Waals surface area contributed by atoms with E-state index >= 15 is 0 Å². The number of halogens is 1. The van der Waals surface area contributed by atoms with E-state index in [-0.39, 0.29) is 5.91 Å². The van der Waals surface area contributed by atoms with Crippen LogP contribution in [-0.4, -0.2) is 10.2 Å². The smallest absolute Gasteiger partial charge is 0.270 e. The fourth-order valence-electron chi connectivity index (χ4n) is 2.91. The number of thioether (sulfide) groups is 1. The number of benzene rings is 3. The Labute approximate surface area is 183 Å². The Morgan fingerprint density at radius 1 is 1.00 bits per heavy atom. The van der Waals surface area contributed by atoms with E-state index in [0.717, 1.165) is 11.1 Å². The number of ether oxygens (including phenoxy) is 1. The molecule has 0 aliphatic carbocycles. The molecule has 0 spiro atoms. The first-order chi connectivity index (χ1) is 14.1. The largest absolute Gasteiger partial charge is 0.488 e. The zero-order valence-corrected chi connectivity index (χ0v) is 17.6. The molecular weight excluding hydrogens is 422 g/mol. The molecule has 0 aromatic heterocycles. The summed E-state index contributed by atoms with van der Waals surface area (Å²) < 4.78 is 6.47. The van der Waals surface area contributed by atoms with Gasteiger partial charge in [0, 0.05) is 10.6 Å². The molecule has 3 aromatic carbocycles. The van der Waals surface area contributed by atoms with Crippen LogP contribution in [-0.2, 0) is 11.4 Å². The Morgan fingerprint density at radius 2 is 1.76 bits per heavy atom. The van der Waals surface area contributed by atoms with E-state index in [1.807, 2.05) is 66.7 Å². The van der Waals surface area contributed by atoms with Crippen LogP contribution in [0.1, 0.15) is 11.1 Å². The number of para-hydroxylation sites is 1. The molecule has 0 atom stereocenters. The Kier molecular flexibility index (Phi) is 6.00. The summed E-state index contributed by atoms with van der Waals surface area (Å²) >= 11 is 12.8. The third-order valence-electron chi connectivity index (χ3n) is 4.30. The van der Waals surface area contributed by atoms with E-state index in [1.165, 1.54) is 16.7 Å². The van der Waals surface area contributed by atoms with Crippen LogP contribution < -0.4 is 9.64 Å². The molecule has 1 fully saturated rings. The Balaban J connectivity index is 1.58. The van der Waals surface area contributed by atoms with E-state index in [0.29, 0.717) is 32.3 Å². The number of thiocarbonyl (C=S) groups is 1. The van der Waals surface area contributed by atoms with Crippen molar-refractivity contribution in [1.29, 1.82) is 0 Å². The number of amides is 1. The van der Waals surface area contributed by atoms with Gasteiger partial charge in [-0.2, -0.15) is 0 Å². The van der Waals surface area contributed by atoms with Crippen LogP contribution in [0.25, 0.3) is 6.08 Å². The fraction of sp³-hybridized carbons (Fsp3) is 0.0435.